The van der Waals surface area contributed by atoms with Gasteiger partial charge in [0.2, 0.25) is 11.8 Å². The normalized spacial score (nSPS) is 12.1. The largest absolute Gasteiger partial charge is 0.361 e. The number of aromatic amines is 1. The van der Waals surface area contributed by atoms with Gasteiger partial charge >= 0.3 is 0 Å². The molecule has 1 aromatic carbocycles. The summed E-state index contributed by atoms with van der Waals surface area (Å²) in [6, 6.07) is 7.28. The van der Waals surface area contributed by atoms with Crippen LogP contribution in [0.3, 0.4) is 0 Å². The van der Waals surface area contributed by atoms with Crippen molar-refractivity contribution in [2.45, 2.75) is 19.4 Å². The molecule has 19 heavy (non-hydrogen) atoms. The van der Waals surface area contributed by atoms with Crippen molar-refractivity contribution in [3.8, 4) is 0 Å². The first-order valence-electron chi connectivity index (χ1n) is 6.17. The molecule has 1 unspecified atom stereocenters. The lowest BCUT2D eigenvalue weighted by Crippen LogP contribution is -2.44. The third-order valence-electron chi connectivity index (χ3n) is 3.04. The number of H-pyrrole nitrogens is 1. The highest BCUT2D eigenvalue weighted by Gasteiger charge is 2.15. The minimum Gasteiger partial charge on any atom is -0.361 e. The lowest BCUT2D eigenvalue weighted by Gasteiger charge is -2.11. The van der Waals surface area contributed by atoms with Gasteiger partial charge in [-0.2, -0.15) is 0 Å². The van der Waals surface area contributed by atoms with Gasteiger partial charge in [-0.3, -0.25) is 9.59 Å². The Balaban J connectivity index is 2.05. The van der Waals surface area contributed by atoms with Crippen LogP contribution in [0.5, 0.6) is 0 Å². The standard InChI is InChI=1S/C14H17N3O2/c1-9(14(19)15-2)17-13(18)7-10-8-16-12-6-4-3-5-11(10)12/h3-6,8-9,16H,7H2,1-2H3,(H,15,19)(H,17,18). The van der Waals surface area contributed by atoms with Crippen LogP contribution in [0.25, 0.3) is 10.9 Å². The summed E-state index contributed by atoms with van der Waals surface area (Å²) in [6.07, 6.45) is 2.08. The molecule has 2 rings (SSSR count). The van der Waals surface area contributed by atoms with Crippen LogP contribution in [-0.2, 0) is 16.0 Å². The molecule has 0 radical (unpaired) electrons. The minimum atomic E-state index is -0.525. The fourth-order valence-corrected chi connectivity index (χ4v) is 2.03. The maximum Gasteiger partial charge on any atom is 0.242 e. The summed E-state index contributed by atoms with van der Waals surface area (Å²) < 4.78 is 0. The van der Waals surface area contributed by atoms with Crippen molar-refractivity contribution in [1.82, 2.24) is 15.6 Å². The number of aromatic nitrogens is 1. The molecule has 5 heteroatoms. The Labute approximate surface area is 111 Å². The van der Waals surface area contributed by atoms with Crippen LogP contribution in [0.4, 0.5) is 0 Å². The van der Waals surface area contributed by atoms with E-state index in [-0.39, 0.29) is 18.2 Å². The van der Waals surface area contributed by atoms with Crippen LogP contribution in [0.15, 0.2) is 30.5 Å². The van der Waals surface area contributed by atoms with E-state index >= 15 is 0 Å². The first-order valence-corrected chi connectivity index (χ1v) is 6.17. The Morgan fingerprint density at radius 1 is 1.32 bits per heavy atom. The summed E-state index contributed by atoms with van der Waals surface area (Å²) in [5, 5.41) is 6.20. The van der Waals surface area contributed by atoms with Crippen LogP contribution >= 0.6 is 0 Å². The Kier molecular flexibility index (Phi) is 3.85. The monoisotopic (exact) mass is 259 g/mol. The van der Waals surface area contributed by atoms with E-state index in [0.29, 0.717) is 0 Å². The Morgan fingerprint density at radius 3 is 2.79 bits per heavy atom. The van der Waals surface area contributed by atoms with Gasteiger partial charge < -0.3 is 15.6 Å². The number of carbonyl (C=O) groups excluding carboxylic acids is 2. The van der Waals surface area contributed by atoms with E-state index in [0.717, 1.165) is 16.5 Å². The summed E-state index contributed by atoms with van der Waals surface area (Å²) in [4.78, 5) is 26.3. The summed E-state index contributed by atoms with van der Waals surface area (Å²) in [5.41, 5.74) is 1.93. The number of para-hydroxylation sites is 1. The van der Waals surface area contributed by atoms with Crippen molar-refractivity contribution in [3.05, 3.63) is 36.0 Å². The number of fused-ring (bicyclic) bond motifs is 1. The van der Waals surface area contributed by atoms with Gasteiger partial charge in [0.05, 0.1) is 6.42 Å². The molecule has 0 saturated heterocycles. The summed E-state index contributed by atoms with van der Waals surface area (Å²) in [6.45, 7) is 1.66. The number of likely N-dealkylation sites (N-methyl/N-ethyl adjacent to an activating group) is 1. The fraction of sp³-hybridized carbons (Fsp3) is 0.286. The molecule has 0 aliphatic heterocycles. The van der Waals surface area contributed by atoms with Crippen LogP contribution in [0.2, 0.25) is 0 Å². The zero-order valence-corrected chi connectivity index (χ0v) is 11.0. The van der Waals surface area contributed by atoms with E-state index < -0.39 is 6.04 Å². The van der Waals surface area contributed by atoms with E-state index in [4.69, 9.17) is 0 Å². The summed E-state index contributed by atoms with van der Waals surface area (Å²) in [5.74, 6) is -0.367. The Morgan fingerprint density at radius 2 is 2.05 bits per heavy atom. The first kappa shape index (κ1) is 13.1. The van der Waals surface area contributed by atoms with Gasteiger partial charge in [-0.05, 0) is 18.6 Å². The van der Waals surface area contributed by atoms with E-state index in [1.165, 1.54) is 0 Å². The summed E-state index contributed by atoms with van der Waals surface area (Å²) in [7, 11) is 1.55. The van der Waals surface area contributed by atoms with E-state index in [1.807, 2.05) is 30.5 Å². The third-order valence-corrected chi connectivity index (χ3v) is 3.04. The topological polar surface area (TPSA) is 74.0 Å². The fourth-order valence-electron chi connectivity index (χ4n) is 2.03. The van der Waals surface area contributed by atoms with Crippen LogP contribution in [-0.4, -0.2) is 29.9 Å². The number of hydrogen-bond acceptors (Lipinski definition) is 2. The molecule has 1 aromatic heterocycles. The quantitative estimate of drug-likeness (QED) is 0.765. The zero-order valence-electron chi connectivity index (χ0n) is 11.0. The van der Waals surface area contributed by atoms with Crippen LogP contribution < -0.4 is 10.6 Å². The molecule has 2 aromatic rings. The molecule has 2 amide bonds. The second-order valence-corrected chi connectivity index (χ2v) is 4.44. The van der Waals surface area contributed by atoms with Crippen molar-refractivity contribution >= 4 is 22.7 Å². The van der Waals surface area contributed by atoms with Crippen molar-refractivity contribution in [1.29, 1.82) is 0 Å². The maximum absolute atomic E-state index is 11.9. The first-order chi connectivity index (χ1) is 9.11. The highest BCUT2D eigenvalue weighted by atomic mass is 16.2. The number of hydrogen-bond donors (Lipinski definition) is 3. The van der Waals surface area contributed by atoms with Gasteiger partial charge in [0, 0.05) is 24.1 Å². The van der Waals surface area contributed by atoms with Gasteiger partial charge in [-0.25, -0.2) is 0 Å². The van der Waals surface area contributed by atoms with E-state index in [1.54, 1.807) is 14.0 Å². The second kappa shape index (κ2) is 5.56. The molecular weight excluding hydrogens is 242 g/mol. The second-order valence-electron chi connectivity index (χ2n) is 4.44. The van der Waals surface area contributed by atoms with Crippen LogP contribution in [0, 0.1) is 0 Å². The van der Waals surface area contributed by atoms with E-state index in [2.05, 4.69) is 15.6 Å². The average Bonchev–Trinajstić information content (AvgIpc) is 2.81. The SMILES string of the molecule is CNC(=O)C(C)NC(=O)Cc1c[nH]c2ccccc12. The van der Waals surface area contributed by atoms with Crippen molar-refractivity contribution in [2.75, 3.05) is 7.05 Å². The number of amides is 2. The average molecular weight is 259 g/mol. The molecule has 5 nitrogen and oxygen atoms in total. The van der Waals surface area contributed by atoms with Gasteiger partial charge in [0.15, 0.2) is 0 Å². The Hall–Kier alpha value is -2.30. The van der Waals surface area contributed by atoms with Gasteiger partial charge in [-0.15, -0.1) is 0 Å². The molecule has 1 atom stereocenters. The Bertz CT molecular complexity index is 604. The number of rotatable bonds is 4. The molecule has 0 fully saturated rings. The van der Waals surface area contributed by atoms with Gasteiger partial charge in [0.25, 0.3) is 0 Å². The third kappa shape index (κ3) is 2.93. The highest BCUT2D eigenvalue weighted by Crippen LogP contribution is 2.17. The lowest BCUT2D eigenvalue weighted by molar-refractivity contribution is -0.127. The minimum absolute atomic E-state index is 0.166. The molecule has 1 heterocycles. The van der Waals surface area contributed by atoms with Crippen molar-refractivity contribution in [3.63, 3.8) is 0 Å². The number of carbonyl (C=O) groups is 2. The molecule has 0 saturated carbocycles. The molecule has 0 spiro atoms. The molecule has 0 aliphatic rings. The highest BCUT2D eigenvalue weighted by molar-refractivity contribution is 5.91. The smallest absolute Gasteiger partial charge is 0.242 e. The lowest BCUT2D eigenvalue weighted by atomic mass is 10.1. The number of benzene rings is 1. The van der Waals surface area contributed by atoms with Crippen LogP contribution in [0.1, 0.15) is 12.5 Å². The van der Waals surface area contributed by atoms with E-state index in [9.17, 15) is 9.59 Å². The zero-order chi connectivity index (χ0) is 13.8. The number of nitrogens with one attached hydrogen (secondary N) is 3. The predicted octanol–water partition coefficient (Wildman–Crippen LogP) is 0.961. The molecular formula is C14H17N3O2. The van der Waals surface area contributed by atoms with Crippen molar-refractivity contribution < 1.29 is 9.59 Å². The van der Waals surface area contributed by atoms with Gasteiger partial charge in [-0.1, -0.05) is 18.2 Å². The predicted molar refractivity (Wildman–Crippen MR) is 73.7 cm³/mol. The van der Waals surface area contributed by atoms with Gasteiger partial charge in [0.1, 0.15) is 6.04 Å². The van der Waals surface area contributed by atoms with Crippen molar-refractivity contribution in [2.24, 2.45) is 0 Å². The maximum atomic E-state index is 11.9. The molecule has 0 bridgehead atoms. The summed E-state index contributed by atoms with van der Waals surface area (Å²) >= 11 is 0. The molecule has 100 valence electrons. The molecule has 0 aliphatic carbocycles. The molecule has 3 N–H and O–H groups in total.